The van der Waals surface area contributed by atoms with Gasteiger partial charge in [0.05, 0.1) is 12.2 Å². The van der Waals surface area contributed by atoms with Gasteiger partial charge in [-0.25, -0.2) is 4.79 Å². The van der Waals surface area contributed by atoms with Crippen molar-refractivity contribution in [1.29, 1.82) is 5.26 Å². The van der Waals surface area contributed by atoms with Crippen LogP contribution in [0.2, 0.25) is 0 Å². The molecule has 0 atom stereocenters. The van der Waals surface area contributed by atoms with Crippen molar-refractivity contribution in [2.45, 2.75) is 26.2 Å². The smallest absolute Gasteiger partial charge is 0.338 e. The van der Waals surface area contributed by atoms with Gasteiger partial charge in [0.2, 0.25) is 0 Å². The van der Waals surface area contributed by atoms with Crippen molar-refractivity contribution in [2.75, 3.05) is 25.1 Å². The van der Waals surface area contributed by atoms with Crippen molar-refractivity contribution in [2.24, 2.45) is 0 Å². The minimum Gasteiger partial charge on any atom is -0.462 e. The zero-order valence-electron chi connectivity index (χ0n) is 14.2. The fourth-order valence-corrected chi connectivity index (χ4v) is 1.94. The van der Waals surface area contributed by atoms with Crippen LogP contribution in [0.25, 0.3) is 0 Å². The second-order valence-electron chi connectivity index (χ2n) is 5.16. The maximum absolute atomic E-state index is 12.1. The molecule has 0 aliphatic heterocycles. The van der Waals surface area contributed by atoms with Crippen LogP contribution in [-0.2, 0) is 9.53 Å². The van der Waals surface area contributed by atoms with Gasteiger partial charge >= 0.3 is 5.97 Å². The molecule has 0 saturated carbocycles. The molecule has 1 aromatic carbocycles. The Morgan fingerprint density at radius 2 is 1.96 bits per heavy atom. The molecule has 25 heavy (non-hydrogen) atoms. The molecule has 0 saturated heterocycles. The standard InChI is InChI=1S/C18H23N3O4/c1-2-25-18(24)14-6-8-16(9-7-14)21-17(23)15(12-19)13-20-10-4-3-5-11-22/h6-9,13,20,22H,2-5,10-11H2,1H3,(H,21,23)/b15-13-. The predicted molar refractivity (Wildman–Crippen MR) is 93.7 cm³/mol. The molecule has 0 aliphatic carbocycles. The molecule has 134 valence electrons. The third-order valence-corrected chi connectivity index (χ3v) is 3.24. The number of ether oxygens (including phenoxy) is 1. The first-order valence-corrected chi connectivity index (χ1v) is 8.15. The second-order valence-corrected chi connectivity index (χ2v) is 5.16. The minimum absolute atomic E-state index is 0.0448. The monoisotopic (exact) mass is 345 g/mol. The number of nitrogens with one attached hydrogen (secondary N) is 2. The van der Waals surface area contributed by atoms with E-state index in [4.69, 9.17) is 15.1 Å². The zero-order chi connectivity index (χ0) is 18.5. The normalized spacial score (nSPS) is 10.7. The number of amides is 1. The lowest BCUT2D eigenvalue weighted by Crippen LogP contribution is -2.17. The molecule has 0 fully saturated rings. The Morgan fingerprint density at radius 3 is 2.56 bits per heavy atom. The third-order valence-electron chi connectivity index (χ3n) is 3.24. The number of aliphatic hydroxyl groups is 1. The lowest BCUT2D eigenvalue weighted by atomic mass is 10.2. The summed E-state index contributed by atoms with van der Waals surface area (Å²) in [6, 6.07) is 8.07. The van der Waals surface area contributed by atoms with Crippen LogP contribution in [0.5, 0.6) is 0 Å². The Balaban J connectivity index is 2.55. The van der Waals surface area contributed by atoms with Crippen LogP contribution in [0.15, 0.2) is 36.0 Å². The summed E-state index contributed by atoms with van der Waals surface area (Å²) in [7, 11) is 0. The van der Waals surface area contributed by atoms with Crippen LogP contribution in [0, 0.1) is 11.3 Å². The summed E-state index contributed by atoms with van der Waals surface area (Å²) < 4.78 is 4.88. The van der Waals surface area contributed by atoms with E-state index in [2.05, 4.69) is 10.6 Å². The number of hydrogen-bond acceptors (Lipinski definition) is 6. The highest BCUT2D eigenvalue weighted by Gasteiger charge is 2.10. The van der Waals surface area contributed by atoms with Gasteiger partial charge in [0, 0.05) is 25.0 Å². The van der Waals surface area contributed by atoms with Crippen molar-refractivity contribution in [3.8, 4) is 6.07 Å². The molecule has 1 amide bonds. The Labute approximate surface area is 147 Å². The van der Waals surface area contributed by atoms with Crippen LogP contribution in [-0.4, -0.2) is 36.7 Å². The fourth-order valence-electron chi connectivity index (χ4n) is 1.94. The van der Waals surface area contributed by atoms with Crippen LogP contribution in [0.1, 0.15) is 36.5 Å². The Morgan fingerprint density at radius 1 is 1.24 bits per heavy atom. The van der Waals surface area contributed by atoms with E-state index in [9.17, 15) is 9.59 Å². The lowest BCUT2D eigenvalue weighted by Gasteiger charge is -2.06. The van der Waals surface area contributed by atoms with Gasteiger partial charge in [-0.15, -0.1) is 0 Å². The summed E-state index contributed by atoms with van der Waals surface area (Å²) in [6.45, 7) is 2.80. The van der Waals surface area contributed by atoms with E-state index in [1.165, 1.54) is 6.20 Å². The van der Waals surface area contributed by atoms with Gasteiger partial charge in [-0.3, -0.25) is 4.79 Å². The molecule has 0 spiro atoms. The van der Waals surface area contributed by atoms with Gasteiger partial charge < -0.3 is 20.5 Å². The minimum atomic E-state index is -0.533. The highest BCUT2D eigenvalue weighted by Crippen LogP contribution is 2.11. The third kappa shape index (κ3) is 7.50. The number of benzene rings is 1. The van der Waals surface area contributed by atoms with Gasteiger partial charge in [-0.1, -0.05) is 0 Å². The molecule has 0 heterocycles. The van der Waals surface area contributed by atoms with E-state index in [0.717, 1.165) is 19.3 Å². The molecule has 1 aromatic rings. The molecular weight excluding hydrogens is 322 g/mol. The molecule has 3 N–H and O–H groups in total. The summed E-state index contributed by atoms with van der Waals surface area (Å²) in [5.74, 6) is -0.961. The molecule has 7 nitrogen and oxygen atoms in total. The molecule has 0 aromatic heterocycles. The summed E-state index contributed by atoms with van der Waals surface area (Å²) in [4.78, 5) is 23.6. The first-order valence-electron chi connectivity index (χ1n) is 8.15. The second kappa shape index (κ2) is 11.6. The van der Waals surface area contributed by atoms with Crippen LogP contribution in [0.4, 0.5) is 5.69 Å². The number of unbranched alkanes of at least 4 members (excludes halogenated alkanes) is 2. The van der Waals surface area contributed by atoms with E-state index >= 15 is 0 Å². The number of anilines is 1. The predicted octanol–water partition coefficient (Wildman–Crippen LogP) is 1.96. The summed E-state index contributed by atoms with van der Waals surface area (Å²) in [5, 5.41) is 23.3. The molecule has 1 rings (SSSR count). The van der Waals surface area contributed by atoms with Gasteiger partial charge in [0.1, 0.15) is 11.6 Å². The maximum atomic E-state index is 12.1. The molecule has 0 radical (unpaired) electrons. The number of carbonyl (C=O) groups is 2. The van der Waals surface area contributed by atoms with Crippen molar-refractivity contribution in [3.63, 3.8) is 0 Å². The van der Waals surface area contributed by atoms with E-state index in [1.54, 1.807) is 31.2 Å². The molecular formula is C18H23N3O4. The largest absolute Gasteiger partial charge is 0.462 e. The fraction of sp³-hybridized carbons (Fsp3) is 0.389. The van der Waals surface area contributed by atoms with Gasteiger partial charge in [0.15, 0.2) is 0 Å². The number of esters is 1. The van der Waals surface area contributed by atoms with Crippen molar-refractivity contribution < 1.29 is 19.4 Å². The van der Waals surface area contributed by atoms with Gasteiger partial charge in [0.25, 0.3) is 5.91 Å². The topological polar surface area (TPSA) is 111 Å². The van der Waals surface area contributed by atoms with Gasteiger partial charge in [-0.2, -0.15) is 5.26 Å². The first kappa shape index (κ1) is 20.2. The van der Waals surface area contributed by atoms with Crippen molar-refractivity contribution in [1.82, 2.24) is 5.32 Å². The lowest BCUT2D eigenvalue weighted by molar-refractivity contribution is -0.112. The number of aliphatic hydroxyl groups excluding tert-OH is 1. The number of hydrogen-bond donors (Lipinski definition) is 3. The van der Waals surface area contributed by atoms with E-state index < -0.39 is 11.9 Å². The van der Waals surface area contributed by atoms with Crippen LogP contribution in [0.3, 0.4) is 0 Å². The molecule has 0 unspecified atom stereocenters. The SMILES string of the molecule is CCOC(=O)c1ccc(NC(=O)/C(C#N)=C\NCCCCCO)cc1. The van der Waals surface area contributed by atoms with Crippen LogP contribution < -0.4 is 10.6 Å². The number of carbonyl (C=O) groups excluding carboxylic acids is 2. The van der Waals surface area contributed by atoms with E-state index in [-0.39, 0.29) is 12.2 Å². The van der Waals surface area contributed by atoms with Crippen molar-refractivity contribution in [3.05, 3.63) is 41.6 Å². The highest BCUT2D eigenvalue weighted by atomic mass is 16.5. The van der Waals surface area contributed by atoms with E-state index in [0.29, 0.717) is 24.4 Å². The van der Waals surface area contributed by atoms with E-state index in [1.807, 2.05) is 6.07 Å². The zero-order valence-corrected chi connectivity index (χ0v) is 14.2. The Kier molecular flexibility index (Phi) is 9.41. The Bertz CT molecular complexity index is 633. The number of nitrogens with zero attached hydrogens (tertiary/aromatic N) is 1. The highest BCUT2D eigenvalue weighted by molar-refractivity contribution is 6.06. The quantitative estimate of drug-likeness (QED) is 0.259. The first-order chi connectivity index (χ1) is 12.1. The van der Waals surface area contributed by atoms with Crippen LogP contribution >= 0.6 is 0 Å². The molecule has 7 heteroatoms. The average Bonchev–Trinajstić information content (AvgIpc) is 2.62. The Hall–Kier alpha value is -2.85. The van der Waals surface area contributed by atoms with Gasteiger partial charge in [-0.05, 0) is 50.5 Å². The number of nitriles is 1. The average molecular weight is 345 g/mol. The molecule has 0 bridgehead atoms. The summed E-state index contributed by atoms with van der Waals surface area (Å²) >= 11 is 0. The summed E-state index contributed by atoms with van der Waals surface area (Å²) in [6.07, 6.45) is 3.82. The molecule has 0 aliphatic rings. The summed E-state index contributed by atoms with van der Waals surface area (Å²) in [5.41, 5.74) is 0.819. The van der Waals surface area contributed by atoms with Crippen molar-refractivity contribution >= 4 is 17.6 Å². The number of rotatable bonds is 10. The maximum Gasteiger partial charge on any atom is 0.338 e.